The average Bonchev–Trinajstić information content (AvgIpc) is 2.55. The Hall–Kier alpha value is -1.87. The van der Waals surface area contributed by atoms with Crippen LogP contribution in [0.3, 0.4) is 0 Å². The number of benzene rings is 3. The highest BCUT2D eigenvalue weighted by Gasteiger charge is 2.06. The monoisotopic (exact) mass is 382 g/mol. The summed E-state index contributed by atoms with van der Waals surface area (Å²) in [4.78, 5) is 0. The van der Waals surface area contributed by atoms with Gasteiger partial charge in [0.25, 0.3) is 0 Å². The molecule has 1 heteroatoms. The molecule has 3 rings (SSSR count). The third-order valence-corrected chi connectivity index (χ3v) is 4.26. The third-order valence-electron chi connectivity index (χ3n) is 3.36. The van der Waals surface area contributed by atoms with E-state index in [-0.39, 0.29) is 0 Å². The standard InChI is InChI=1S/C20H15I/c21-19-13-7-12-18(15-14-16-8-3-1-4-9-16)20(19)17-10-5-2-6-11-17/h1-15H. The quantitative estimate of drug-likeness (QED) is 0.378. The Labute approximate surface area is 139 Å². The lowest BCUT2D eigenvalue weighted by Crippen LogP contribution is -1.87. The first-order valence-corrected chi connectivity index (χ1v) is 7.99. The van der Waals surface area contributed by atoms with Gasteiger partial charge in [-0.1, -0.05) is 84.9 Å². The molecule has 0 amide bonds. The zero-order chi connectivity index (χ0) is 14.5. The summed E-state index contributed by atoms with van der Waals surface area (Å²) in [6, 6.07) is 27.4. The second-order valence-electron chi connectivity index (χ2n) is 4.81. The van der Waals surface area contributed by atoms with Gasteiger partial charge in [-0.05, 0) is 45.3 Å². The van der Waals surface area contributed by atoms with Crippen molar-refractivity contribution in [3.05, 3.63) is 93.6 Å². The van der Waals surface area contributed by atoms with E-state index in [1.54, 1.807) is 0 Å². The van der Waals surface area contributed by atoms with Gasteiger partial charge in [-0.2, -0.15) is 0 Å². The fraction of sp³-hybridized carbons (Fsp3) is 0. The van der Waals surface area contributed by atoms with E-state index in [0.29, 0.717) is 0 Å². The van der Waals surface area contributed by atoms with E-state index in [4.69, 9.17) is 0 Å². The first-order valence-electron chi connectivity index (χ1n) is 6.92. The third kappa shape index (κ3) is 3.42. The first kappa shape index (κ1) is 14.1. The van der Waals surface area contributed by atoms with Gasteiger partial charge in [0.1, 0.15) is 0 Å². The maximum absolute atomic E-state index is 2.41. The van der Waals surface area contributed by atoms with Crippen LogP contribution in [0, 0.1) is 3.57 Å². The molecule has 0 fully saturated rings. The fourth-order valence-corrected chi connectivity index (χ4v) is 3.17. The lowest BCUT2D eigenvalue weighted by atomic mass is 9.99. The van der Waals surface area contributed by atoms with Crippen molar-refractivity contribution in [3.8, 4) is 11.1 Å². The van der Waals surface area contributed by atoms with Crippen LogP contribution in [0.2, 0.25) is 0 Å². The Kier molecular flexibility index (Phi) is 4.51. The van der Waals surface area contributed by atoms with Gasteiger partial charge in [0.05, 0.1) is 0 Å². The molecule has 0 radical (unpaired) electrons. The van der Waals surface area contributed by atoms with Gasteiger partial charge in [-0.3, -0.25) is 0 Å². The molecule has 3 aromatic carbocycles. The minimum atomic E-state index is 1.22. The van der Waals surface area contributed by atoms with Crippen LogP contribution in [0.5, 0.6) is 0 Å². The summed E-state index contributed by atoms with van der Waals surface area (Å²) in [6.45, 7) is 0. The van der Waals surface area contributed by atoms with Crippen molar-refractivity contribution < 1.29 is 0 Å². The zero-order valence-corrected chi connectivity index (χ0v) is 13.7. The molecule has 0 bridgehead atoms. The van der Waals surface area contributed by atoms with Crippen molar-refractivity contribution in [1.29, 1.82) is 0 Å². The average molecular weight is 382 g/mol. The molecule has 0 aliphatic rings. The van der Waals surface area contributed by atoms with Gasteiger partial charge in [0.2, 0.25) is 0 Å². The number of hydrogen-bond donors (Lipinski definition) is 0. The van der Waals surface area contributed by atoms with Crippen molar-refractivity contribution in [2.24, 2.45) is 0 Å². The van der Waals surface area contributed by atoms with E-state index in [0.717, 1.165) is 0 Å². The number of halogens is 1. The molecule has 0 aliphatic heterocycles. The highest BCUT2D eigenvalue weighted by molar-refractivity contribution is 14.1. The summed E-state index contributed by atoms with van der Waals surface area (Å²) < 4.78 is 1.27. The van der Waals surface area contributed by atoms with E-state index in [1.807, 2.05) is 6.07 Å². The van der Waals surface area contributed by atoms with Gasteiger partial charge in [-0.15, -0.1) is 0 Å². The van der Waals surface area contributed by atoms with Gasteiger partial charge < -0.3 is 0 Å². The molecule has 0 saturated carbocycles. The molecule has 0 heterocycles. The Morgan fingerprint density at radius 2 is 1.29 bits per heavy atom. The molecular weight excluding hydrogens is 367 g/mol. The van der Waals surface area contributed by atoms with Crippen molar-refractivity contribution >= 4 is 34.7 Å². The summed E-state index contributed by atoms with van der Waals surface area (Å²) >= 11 is 2.41. The van der Waals surface area contributed by atoms with E-state index in [9.17, 15) is 0 Å². The molecule has 0 nitrogen and oxygen atoms in total. The van der Waals surface area contributed by atoms with Crippen molar-refractivity contribution in [1.82, 2.24) is 0 Å². The molecule has 0 N–H and O–H groups in total. The predicted octanol–water partition coefficient (Wildman–Crippen LogP) is 6.13. The van der Waals surface area contributed by atoms with Crippen LogP contribution in [-0.4, -0.2) is 0 Å². The Morgan fingerprint density at radius 1 is 0.619 bits per heavy atom. The van der Waals surface area contributed by atoms with Crippen molar-refractivity contribution in [2.75, 3.05) is 0 Å². The lowest BCUT2D eigenvalue weighted by molar-refractivity contribution is 1.55. The van der Waals surface area contributed by atoms with Gasteiger partial charge in [0.15, 0.2) is 0 Å². The van der Waals surface area contributed by atoms with Crippen LogP contribution in [0.1, 0.15) is 11.1 Å². The fourth-order valence-electron chi connectivity index (χ4n) is 2.34. The summed E-state index contributed by atoms with van der Waals surface area (Å²) in [6.07, 6.45) is 4.36. The molecule has 0 aromatic heterocycles. The van der Waals surface area contributed by atoms with Crippen LogP contribution in [-0.2, 0) is 0 Å². The minimum Gasteiger partial charge on any atom is -0.0622 e. The normalized spacial score (nSPS) is 10.9. The second-order valence-corrected chi connectivity index (χ2v) is 5.98. The number of hydrogen-bond acceptors (Lipinski definition) is 0. The highest BCUT2D eigenvalue weighted by Crippen LogP contribution is 2.30. The molecule has 21 heavy (non-hydrogen) atoms. The summed E-state index contributed by atoms with van der Waals surface area (Å²) in [5.41, 5.74) is 5.02. The predicted molar refractivity (Wildman–Crippen MR) is 100.0 cm³/mol. The largest absolute Gasteiger partial charge is 0.0622 e. The van der Waals surface area contributed by atoms with Crippen LogP contribution < -0.4 is 0 Å². The molecule has 102 valence electrons. The van der Waals surface area contributed by atoms with E-state index < -0.39 is 0 Å². The molecule has 0 unspecified atom stereocenters. The summed E-state index contributed by atoms with van der Waals surface area (Å²) in [5.74, 6) is 0. The topological polar surface area (TPSA) is 0 Å². The van der Waals surface area contributed by atoms with Crippen LogP contribution in [0.15, 0.2) is 78.9 Å². The Bertz CT molecular complexity index is 743. The van der Waals surface area contributed by atoms with E-state index in [1.165, 1.54) is 25.8 Å². The van der Waals surface area contributed by atoms with Crippen LogP contribution >= 0.6 is 22.6 Å². The highest BCUT2D eigenvalue weighted by atomic mass is 127. The Balaban J connectivity index is 2.04. The van der Waals surface area contributed by atoms with Crippen molar-refractivity contribution in [3.63, 3.8) is 0 Å². The molecule has 3 aromatic rings. The summed E-state index contributed by atoms with van der Waals surface area (Å²) in [7, 11) is 0. The molecule has 0 saturated heterocycles. The maximum atomic E-state index is 2.41. The van der Waals surface area contributed by atoms with Crippen LogP contribution in [0.4, 0.5) is 0 Å². The summed E-state index contributed by atoms with van der Waals surface area (Å²) in [5, 5.41) is 0. The maximum Gasteiger partial charge on any atom is 0.0214 e. The zero-order valence-electron chi connectivity index (χ0n) is 11.5. The molecule has 0 spiro atoms. The molecular formula is C20H15I. The van der Waals surface area contributed by atoms with Crippen molar-refractivity contribution in [2.45, 2.75) is 0 Å². The Morgan fingerprint density at radius 3 is 2.00 bits per heavy atom. The SMILES string of the molecule is Ic1cccc(C=Cc2ccccc2)c1-c1ccccc1. The lowest BCUT2D eigenvalue weighted by Gasteiger charge is -2.09. The second kappa shape index (κ2) is 6.72. The van der Waals surface area contributed by atoms with Gasteiger partial charge in [-0.25, -0.2) is 0 Å². The van der Waals surface area contributed by atoms with Gasteiger partial charge >= 0.3 is 0 Å². The van der Waals surface area contributed by atoms with Crippen LogP contribution in [0.25, 0.3) is 23.3 Å². The van der Waals surface area contributed by atoms with E-state index >= 15 is 0 Å². The first-order chi connectivity index (χ1) is 10.3. The minimum absolute atomic E-state index is 1.22. The molecule has 0 atom stereocenters. The molecule has 0 aliphatic carbocycles. The smallest absolute Gasteiger partial charge is 0.0214 e. The van der Waals surface area contributed by atoms with E-state index in [2.05, 4.69) is 108 Å². The number of rotatable bonds is 3. The van der Waals surface area contributed by atoms with Gasteiger partial charge in [0, 0.05) is 9.13 Å².